The molecule has 2 saturated heterocycles. The second-order valence-corrected chi connectivity index (χ2v) is 8.88. The molecular formula is C24H28ClN5O. The van der Waals surface area contributed by atoms with E-state index in [4.69, 9.17) is 16.6 Å². The largest absolute Gasteiger partial charge is 0.370 e. The van der Waals surface area contributed by atoms with Crippen molar-refractivity contribution in [3.63, 3.8) is 0 Å². The van der Waals surface area contributed by atoms with Crippen molar-refractivity contribution in [2.75, 3.05) is 44.2 Å². The molecule has 0 saturated carbocycles. The average molecular weight is 438 g/mol. The number of anilines is 1. The van der Waals surface area contributed by atoms with Crippen LogP contribution in [0.1, 0.15) is 19.3 Å². The van der Waals surface area contributed by atoms with Crippen molar-refractivity contribution in [3.05, 3.63) is 47.5 Å². The molecule has 31 heavy (non-hydrogen) atoms. The Kier molecular flexibility index (Phi) is 5.83. The maximum atomic E-state index is 13.0. The fourth-order valence-corrected chi connectivity index (χ4v) is 4.90. The van der Waals surface area contributed by atoms with E-state index in [0.717, 1.165) is 86.6 Å². The van der Waals surface area contributed by atoms with Crippen molar-refractivity contribution < 1.29 is 4.79 Å². The topological polar surface area (TPSA) is 64.3 Å². The number of hydrogen-bond donors (Lipinski definition) is 2. The lowest BCUT2D eigenvalue weighted by atomic mass is 9.98. The molecule has 5 rings (SSSR count). The molecule has 7 heteroatoms. The van der Waals surface area contributed by atoms with Gasteiger partial charge in [-0.15, -0.1) is 0 Å². The van der Waals surface area contributed by atoms with Gasteiger partial charge in [0.1, 0.15) is 5.82 Å². The fraction of sp³-hybridized carbons (Fsp3) is 0.417. The Morgan fingerprint density at radius 3 is 2.81 bits per heavy atom. The van der Waals surface area contributed by atoms with E-state index >= 15 is 0 Å². The lowest BCUT2D eigenvalue weighted by molar-refractivity contribution is -0.135. The van der Waals surface area contributed by atoms with Gasteiger partial charge in [0, 0.05) is 44.0 Å². The minimum atomic E-state index is 0.135. The number of nitrogens with one attached hydrogen (secondary N) is 2. The Balaban J connectivity index is 1.33. The summed E-state index contributed by atoms with van der Waals surface area (Å²) in [4.78, 5) is 25.5. The molecule has 1 amide bonds. The number of para-hydroxylation sites is 2. The number of halogens is 1. The van der Waals surface area contributed by atoms with Gasteiger partial charge in [-0.2, -0.15) is 0 Å². The molecule has 2 fully saturated rings. The molecule has 2 aliphatic heterocycles. The Morgan fingerprint density at radius 2 is 1.97 bits per heavy atom. The maximum Gasteiger partial charge on any atom is 0.227 e. The Hall–Kier alpha value is -2.57. The highest BCUT2D eigenvalue weighted by atomic mass is 35.5. The predicted molar refractivity (Wildman–Crippen MR) is 126 cm³/mol. The van der Waals surface area contributed by atoms with Gasteiger partial charge in [0.05, 0.1) is 22.0 Å². The molecule has 2 N–H and O–H groups in total. The summed E-state index contributed by atoms with van der Waals surface area (Å²) in [6.07, 6.45) is 3.06. The van der Waals surface area contributed by atoms with E-state index < -0.39 is 0 Å². The molecule has 162 valence electrons. The number of hydrogen-bond acceptors (Lipinski definition) is 4. The van der Waals surface area contributed by atoms with Crippen LogP contribution < -0.4 is 10.2 Å². The summed E-state index contributed by atoms with van der Waals surface area (Å²) < 4.78 is 0. The number of H-pyrrole nitrogens is 1. The highest BCUT2D eigenvalue weighted by Crippen LogP contribution is 2.32. The number of carbonyl (C=O) groups is 1. The number of carbonyl (C=O) groups excluding carboxylic acids is 1. The molecule has 3 heterocycles. The van der Waals surface area contributed by atoms with E-state index in [2.05, 4.69) is 32.2 Å². The molecule has 2 aliphatic rings. The first-order valence-corrected chi connectivity index (χ1v) is 11.6. The minimum Gasteiger partial charge on any atom is -0.370 e. The van der Waals surface area contributed by atoms with Crippen LogP contribution in [-0.4, -0.2) is 60.0 Å². The Bertz CT molecular complexity index is 1040. The number of imidazole rings is 1. The SMILES string of the molecule is O=C([C@H]1CCCNC1)N1CCCN(c2ccc(Cl)c(-c3nc4ccccc4[nH]3)c2)CC1. The first kappa shape index (κ1) is 20.3. The van der Waals surface area contributed by atoms with Crippen LogP contribution in [0.3, 0.4) is 0 Å². The number of piperidine rings is 1. The van der Waals surface area contributed by atoms with E-state index in [0.29, 0.717) is 10.9 Å². The monoisotopic (exact) mass is 437 g/mol. The van der Waals surface area contributed by atoms with Crippen molar-refractivity contribution in [1.82, 2.24) is 20.2 Å². The summed E-state index contributed by atoms with van der Waals surface area (Å²) in [5, 5.41) is 4.04. The highest BCUT2D eigenvalue weighted by Gasteiger charge is 2.27. The Morgan fingerprint density at radius 1 is 1.06 bits per heavy atom. The molecule has 1 aromatic heterocycles. The zero-order valence-corrected chi connectivity index (χ0v) is 18.4. The van der Waals surface area contributed by atoms with E-state index in [1.165, 1.54) is 0 Å². The number of nitrogens with zero attached hydrogens (tertiary/aromatic N) is 3. The average Bonchev–Trinajstić information content (AvgIpc) is 3.09. The second kappa shape index (κ2) is 8.89. The lowest BCUT2D eigenvalue weighted by Crippen LogP contribution is -2.44. The number of rotatable bonds is 3. The molecular weight excluding hydrogens is 410 g/mol. The summed E-state index contributed by atoms with van der Waals surface area (Å²) in [5.41, 5.74) is 3.95. The summed E-state index contributed by atoms with van der Waals surface area (Å²) >= 11 is 6.54. The molecule has 6 nitrogen and oxygen atoms in total. The molecule has 3 aromatic rings. The maximum absolute atomic E-state index is 13.0. The van der Waals surface area contributed by atoms with E-state index in [-0.39, 0.29) is 5.92 Å². The van der Waals surface area contributed by atoms with Crippen LogP contribution in [0, 0.1) is 5.92 Å². The van der Waals surface area contributed by atoms with Crippen molar-refractivity contribution in [2.45, 2.75) is 19.3 Å². The predicted octanol–water partition coefficient (Wildman–Crippen LogP) is 3.92. The first-order valence-electron chi connectivity index (χ1n) is 11.2. The van der Waals surface area contributed by atoms with Gasteiger partial charge in [-0.3, -0.25) is 4.79 Å². The van der Waals surface area contributed by atoms with Gasteiger partial charge in [-0.25, -0.2) is 4.98 Å². The summed E-state index contributed by atoms with van der Waals surface area (Å²) in [5.74, 6) is 1.23. The van der Waals surface area contributed by atoms with Gasteiger partial charge in [-0.05, 0) is 56.1 Å². The quantitative estimate of drug-likeness (QED) is 0.651. The summed E-state index contributed by atoms with van der Waals surface area (Å²) in [7, 11) is 0. The van der Waals surface area contributed by atoms with Crippen LogP contribution >= 0.6 is 11.6 Å². The second-order valence-electron chi connectivity index (χ2n) is 8.48. The lowest BCUT2D eigenvalue weighted by Gasteiger charge is -2.29. The van der Waals surface area contributed by atoms with Crippen molar-refractivity contribution in [1.29, 1.82) is 0 Å². The standard InChI is InChI=1S/C24H28ClN5O/c25-20-9-8-18(15-19(20)23-27-21-6-1-2-7-22(21)28-23)29-11-4-12-30(14-13-29)24(31)17-5-3-10-26-16-17/h1-2,6-9,15,17,26H,3-5,10-14,16H2,(H,27,28)/t17-/m0/s1. The number of benzene rings is 2. The van der Waals surface area contributed by atoms with E-state index in [9.17, 15) is 4.79 Å². The molecule has 1 atom stereocenters. The normalized spacial score (nSPS) is 20.1. The van der Waals surface area contributed by atoms with Crippen LogP contribution in [0.15, 0.2) is 42.5 Å². The number of aromatic amines is 1. The van der Waals surface area contributed by atoms with Gasteiger partial charge in [0.25, 0.3) is 0 Å². The van der Waals surface area contributed by atoms with Gasteiger partial charge in [0.2, 0.25) is 5.91 Å². The van der Waals surface area contributed by atoms with E-state index in [1.807, 2.05) is 30.3 Å². The number of aromatic nitrogens is 2. The van der Waals surface area contributed by atoms with Gasteiger partial charge < -0.3 is 20.1 Å². The number of fused-ring (bicyclic) bond motifs is 1. The zero-order valence-electron chi connectivity index (χ0n) is 17.6. The summed E-state index contributed by atoms with van der Waals surface area (Å²) in [6.45, 7) is 5.19. The van der Waals surface area contributed by atoms with Gasteiger partial charge in [0.15, 0.2) is 0 Å². The van der Waals surface area contributed by atoms with Crippen LogP contribution in [0.5, 0.6) is 0 Å². The fourth-order valence-electron chi connectivity index (χ4n) is 4.69. The zero-order chi connectivity index (χ0) is 21.2. The minimum absolute atomic E-state index is 0.135. The van der Waals surface area contributed by atoms with Crippen molar-refractivity contribution in [2.24, 2.45) is 5.92 Å². The van der Waals surface area contributed by atoms with Crippen molar-refractivity contribution in [3.8, 4) is 11.4 Å². The molecule has 0 radical (unpaired) electrons. The van der Waals surface area contributed by atoms with Gasteiger partial charge >= 0.3 is 0 Å². The van der Waals surface area contributed by atoms with Crippen LogP contribution in [0.25, 0.3) is 22.4 Å². The third-order valence-electron chi connectivity index (χ3n) is 6.41. The first-order chi connectivity index (χ1) is 15.2. The summed E-state index contributed by atoms with van der Waals surface area (Å²) in [6, 6.07) is 14.1. The molecule has 0 unspecified atom stereocenters. The van der Waals surface area contributed by atoms with Crippen molar-refractivity contribution >= 4 is 34.2 Å². The Labute approximate surface area is 187 Å². The molecule has 0 bridgehead atoms. The van der Waals surface area contributed by atoms with E-state index in [1.54, 1.807) is 0 Å². The smallest absolute Gasteiger partial charge is 0.227 e. The molecule has 0 aliphatic carbocycles. The van der Waals surface area contributed by atoms with Crippen LogP contribution in [0.2, 0.25) is 5.02 Å². The number of amides is 1. The van der Waals surface area contributed by atoms with Gasteiger partial charge in [-0.1, -0.05) is 23.7 Å². The third kappa shape index (κ3) is 4.27. The highest BCUT2D eigenvalue weighted by molar-refractivity contribution is 6.33. The molecule has 0 spiro atoms. The van der Waals surface area contributed by atoms with Crippen LogP contribution in [0.4, 0.5) is 5.69 Å². The van der Waals surface area contributed by atoms with Crippen LogP contribution in [-0.2, 0) is 4.79 Å². The molecule has 2 aromatic carbocycles. The third-order valence-corrected chi connectivity index (χ3v) is 6.74.